The van der Waals surface area contributed by atoms with E-state index in [-0.39, 0.29) is 98.0 Å². The third kappa shape index (κ3) is 8.93. The van der Waals surface area contributed by atoms with Gasteiger partial charge in [-0.15, -0.1) is 0 Å². The molecule has 0 nitrogen and oxygen atoms in total. The molecule has 4 heteroatoms. The Morgan fingerprint density at radius 3 is 0.750 bits per heavy atom. The molecular formula is AgHgI2. The van der Waals surface area contributed by atoms with Crippen molar-refractivity contribution in [3.63, 3.8) is 0 Å². The monoisotopic (exact) mass is 563 g/mol. The van der Waals surface area contributed by atoms with Crippen LogP contribution in [0.1, 0.15) is 0 Å². The van der Waals surface area contributed by atoms with Crippen molar-refractivity contribution in [2.75, 3.05) is 0 Å². The van der Waals surface area contributed by atoms with Crippen molar-refractivity contribution in [1.29, 1.82) is 0 Å². The molecule has 0 aromatic heterocycles. The Kier molecular flexibility index (Phi) is 112. The standard InChI is InChI=1S/Ag.Hg.2HI/h;;2*1H/q2*+1;;/p-2. The molecule has 0 saturated heterocycles. The van der Waals surface area contributed by atoms with Gasteiger partial charge in [0.2, 0.25) is 0 Å². The van der Waals surface area contributed by atoms with Crippen LogP contribution < -0.4 is 48.0 Å². The smallest absolute Gasteiger partial charge is 1.00 e. The van der Waals surface area contributed by atoms with E-state index in [1.807, 2.05) is 0 Å². The van der Waals surface area contributed by atoms with Crippen LogP contribution >= 0.6 is 0 Å². The van der Waals surface area contributed by atoms with Crippen molar-refractivity contribution >= 4 is 0 Å². The van der Waals surface area contributed by atoms with Gasteiger partial charge in [0.05, 0.1) is 0 Å². The van der Waals surface area contributed by atoms with Gasteiger partial charge in [0.25, 0.3) is 0 Å². The zero-order valence-corrected chi connectivity index (χ0v) is 13.1. The van der Waals surface area contributed by atoms with E-state index in [1.54, 1.807) is 0 Å². The van der Waals surface area contributed by atoms with Crippen LogP contribution in [0.2, 0.25) is 0 Å². The van der Waals surface area contributed by atoms with Gasteiger partial charge in [0.1, 0.15) is 0 Å². The van der Waals surface area contributed by atoms with Crippen LogP contribution in [0.3, 0.4) is 0 Å². The molecule has 0 aliphatic carbocycles. The van der Waals surface area contributed by atoms with Gasteiger partial charge in [0, 0.05) is 0 Å². The minimum absolute atomic E-state index is 0. The van der Waals surface area contributed by atoms with Crippen LogP contribution in [0.4, 0.5) is 0 Å². The summed E-state index contributed by atoms with van der Waals surface area (Å²) in [6.07, 6.45) is 0. The first kappa shape index (κ1) is 27.3. The minimum Gasteiger partial charge on any atom is -1.00 e. The Morgan fingerprint density at radius 2 is 0.750 bits per heavy atom. The van der Waals surface area contributed by atoms with Gasteiger partial charge in [0.15, 0.2) is 0 Å². The minimum atomic E-state index is 0. The Labute approximate surface area is 95.9 Å². The molecule has 0 saturated carbocycles. The molecule has 0 aliphatic rings. The summed E-state index contributed by atoms with van der Waals surface area (Å²) in [6, 6.07) is 0. The van der Waals surface area contributed by atoms with Crippen molar-refractivity contribution in [2.45, 2.75) is 0 Å². The van der Waals surface area contributed by atoms with E-state index in [2.05, 4.69) is 0 Å². The average Bonchev–Trinajstić information content (AvgIpc) is 0. The maximum Gasteiger partial charge on any atom is 1.00 e. The van der Waals surface area contributed by atoms with Crippen LogP contribution in [-0.4, -0.2) is 0 Å². The summed E-state index contributed by atoms with van der Waals surface area (Å²) in [4.78, 5) is 0. The van der Waals surface area contributed by atoms with E-state index < -0.39 is 0 Å². The number of hydrogen-bond donors (Lipinski definition) is 0. The molecule has 27 valence electrons. The van der Waals surface area contributed by atoms with Crippen molar-refractivity contribution in [3.8, 4) is 0 Å². The maximum absolute atomic E-state index is 0. The predicted octanol–water partition coefficient (Wildman–Crippen LogP) is -6.00. The van der Waals surface area contributed by atoms with E-state index in [9.17, 15) is 0 Å². The average molecular weight is 562 g/mol. The van der Waals surface area contributed by atoms with E-state index in [0.29, 0.717) is 0 Å². The van der Waals surface area contributed by atoms with Crippen molar-refractivity contribution in [3.05, 3.63) is 0 Å². The molecule has 0 unspecified atom stereocenters. The summed E-state index contributed by atoms with van der Waals surface area (Å²) in [5.41, 5.74) is 0. The van der Waals surface area contributed by atoms with E-state index in [4.69, 9.17) is 0 Å². The van der Waals surface area contributed by atoms with Crippen LogP contribution in [0.5, 0.6) is 0 Å². The second-order valence-corrected chi connectivity index (χ2v) is 0. The molecule has 0 atom stereocenters. The second kappa shape index (κ2) is 16.5. The molecule has 1 radical (unpaired) electrons. The fourth-order valence-electron chi connectivity index (χ4n) is 0. The fourth-order valence-corrected chi connectivity index (χ4v) is 0. The normalized spacial score (nSPS) is 0. The van der Waals surface area contributed by atoms with Gasteiger partial charge >= 0.3 is 50.0 Å². The van der Waals surface area contributed by atoms with Crippen molar-refractivity contribution in [2.24, 2.45) is 0 Å². The van der Waals surface area contributed by atoms with E-state index in [0.717, 1.165) is 0 Å². The van der Waals surface area contributed by atoms with Crippen LogP contribution in [-0.2, 0) is 50.0 Å². The van der Waals surface area contributed by atoms with Gasteiger partial charge in [-0.25, -0.2) is 0 Å². The summed E-state index contributed by atoms with van der Waals surface area (Å²) < 4.78 is 0. The SMILES string of the molecule is [Ag+].[Hg+].[I-].[I-]. The number of halogens is 2. The molecule has 0 fully saturated rings. The molecule has 0 N–H and O–H groups in total. The third-order valence-electron chi connectivity index (χ3n) is 0. The van der Waals surface area contributed by atoms with Gasteiger partial charge < -0.3 is 48.0 Å². The van der Waals surface area contributed by atoms with E-state index >= 15 is 0 Å². The quantitative estimate of drug-likeness (QED) is 0.204. The third-order valence-corrected chi connectivity index (χ3v) is 0. The fraction of sp³-hybridized carbons (Fsp3) is 0. The zero-order valence-electron chi connectivity index (χ0n) is 1.76. The Morgan fingerprint density at radius 1 is 0.750 bits per heavy atom. The molecule has 0 bridgehead atoms. The molecule has 0 heterocycles. The summed E-state index contributed by atoms with van der Waals surface area (Å²) in [5, 5.41) is 0. The Hall–Kier alpha value is 3.14. The van der Waals surface area contributed by atoms with Gasteiger partial charge in [-0.1, -0.05) is 0 Å². The van der Waals surface area contributed by atoms with Crippen LogP contribution in [0.25, 0.3) is 0 Å². The molecule has 0 amide bonds. The number of rotatable bonds is 0. The summed E-state index contributed by atoms with van der Waals surface area (Å²) in [5.74, 6) is 0. The molecule has 0 rings (SSSR count). The zero-order chi connectivity index (χ0) is 0. The first-order valence-electron chi connectivity index (χ1n) is 0. The summed E-state index contributed by atoms with van der Waals surface area (Å²) in [6.45, 7) is 0. The van der Waals surface area contributed by atoms with Gasteiger partial charge in [-0.05, 0) is 0 Å². The van der Waals surface area contributed by atoms with Gasteiger partial charge in [-0.3, -0.25) is 0 Å². The molecular weight excluding hydrogens is 562 g/mol. The van der Waals surface area contributed by atoms with Crippen molar-refractivity contribution in [1.82, 2.24) is 0 Å². The molecule has 0 spiro atoms. The maximum atomic E-state index is 0. The Balaban J connectivity index is 0. The predicted molar refractivity (Wildman–Crippen MR) is 0 cm³/mol. The Bertz CT molecular complexity index is 6.00. The first-order chi connectivity index (χ1) is 0. The molecule has 0 aromatic carbocycles. The van der Waals surface area contributed by atoms with Crippen molar-refractivity contribution < 1.29 is 98.0 Å². The van der Waals surface area contributed by atoms with E-state index in [1.165, 1.54) is 0 Å². The molecule has 0 aromatic rings. The summed E-state index contributed by atoms with van der Waals surface area (Å²) >= 11 is 0. The first-order valence-corrected chi connectivity index (χ1v) is 0. The van der Waals surface area contributed by atoms with Gasteiger partial charge in [-0.2, -0.15) is 0 Å². The number of hydrogen-bond acceptors (Lipinski definition) is 0. The second-order valence-electron chi connectivity index (χ2n) is 0. The van der Waals surface area contributed by atoms with Crippen LogP contribution in [0, 0.1) is 0 Å². The molecule has 0 aliphatic heterocycles. The molecule has 4 heavy (non-hydrogen) atoms. The van der Waals surface area contributed by atoms with Crippen LogP contribution in [0.15, 0.2) is 0 Å². The summed E-state index contributed by atoms with van der Waals surface area (Å²) in [7, 11) is 0. The largest absolute Gasteiger partial charge is 1.00 e. The topological polar surface area (TPSA) is 0 Å².